The summed E-state index contributed by atoms with van der Waals surface area (Å²) in [5.41, 5.74) is 0.925. The van der Waals surface area contributed by atoms with Gasteiger partial charge in [-0.25, -0.2) is 4.98 Å². The van der Waals surface area contributed by atoms with Crippen LogP contribution in [-0.2, 0) is 6.54 Å². The Balaban J connectivity index is 1.97. The first-order chi connectivity index (χ1) is 8.15. The van der Waals surface area contributed by atoms with Crippen LogP contribution >= 0.6 is 11.6 Å². The van der Waals surface area contributed by atoms with Gasteiger partial charge in [0.15, 0.2) is 0 Å². The Morgan fingerprint density at radius 1 is 1.53 bits per heavy atom. The molecule has 2 aromatic rings. The standard InChI is InChI=1S/C12H11ClN2O2/c1-8-6-15-12(17-8)11(16)14-7-9-3-2-4-10(13)5-9/h2-6H,7H2,1H3,(H,14,16). The fourth-order valence-electron chi connectivity index (χ4n) is 1.36. The van der Waals surface area contributed by atoms with Crippen molar-refractivity contribution in [3.63, 3.8) is 0 Å². The van der Waals surface area contributed by atoms with Crippen LogP contribution in [0.2, 0.25) is 5.02 Å². The van der Waals surface area contributed by atoms with Crippen LogP contribution < -0.4 is 5.32 Å². The maximum absolute atomic E-state index is 11.6. The van der Waals surface area contributed by atoms with Gasteiger partial charge in [0.1, 0.15) is 5.76 Å². The molecule has 17 heavy (non-hydrogen) atoms. The molecule has 0 atom stereocenters. The van der Waals surface area contributed by atoms with E-state index in [9.17, 15) is 4.79 Å². The lowest BCUT2D eigenvalue weighted by atomic mass is 10.2. The molecule has 0 fully saturated rings. The van der Waals surface area contributed by atoms with Gasteiger partial charge in [0.25, 0.3) is 5.89 Å². The Morgan fingerprint density at radius 3 is 3.00 bits per heavy atom. The average molecular weight is 251 g/mol. The highest BCUT2D eigenvalue weighted by atomic mass is 35.5. The van der Waals surface area contributed by atoms with Gasteiger partial charge in [-0.15, -0.1) is 0 Å². The number of oxazole rings is 1. The Hall–Kier alpha value is -1.81. The maximum Gasteiger partial charge on any atom is 0.307 e. The number of halogens is 1. The summed E-state index contributed by atoms with van der Waals surface area (Å²) in [7, 11) is 0. The largest absolute Gasteiger partial charge is 0.438 e. The average Bonchev–Trinajstić information content (AvgIpc) is 2.73. The van der Waals surface area contributed by atoms with Crippen LogP contribution in [0.25, 0.3) is 0 Å². The van der Waals surface area contributed by atoms with Gasteiger partial charge in [-0.2, -0.15) is 0 Å². The highest BCUT2D eigenvalue weighted by Crippen LogP contribution is 2.10. The van der Waals surface area contributed by atoms with E-state index in [0.717, 1.165) is 5.56 Å². The van der Waals surface area contributed by atoms with E-state index in [1.165, 1.54) is 6.20 Å². The second kappa shape index (κ2) is 5.01. The number of carbonyl (C=O) groups is 1. The van der Waals surface area contributed by atoms with E-state index in [-0.39, 0.29) is 11.8 Å². The van der Waals surface area contributed by atoms with Gasteiger partial charge in [-0.3, -0.25) is 4.79 Å². The first kappa shape index (κ1) is 11.7. The number of rotatable bonds is 3. The van der Waals surface area contributed by atoms with Crippen LogP contribution in [0.3, 0.4) is 0 Å². The summed E-state index contributed by atoms with van der Waals surface area (Å²) in [6, 6.07) is 7.29. The molecule has 0 spiro atoms. The highest BCUT2D eigenvalue weighted by molar-refractivity contribution is 6.30. The van der Waals surface area contributed by atoms with E-state index in [1.54, 1.807) is 19.1 Å². The third kappa shape index (κ3) is 3.07. The Morgan fingerprint density at radius 2 is 2.35 bits per heavy atom. The van der Waals surface area contributed by atoms with E-state index in [2.05, 4.69) is 10.3 Å². The number of aryl methyl sites for hydroxylation is 1. The summed E-state index contributed by atoms with van der Waals surface area (Å²) < 4.78 is 5.11. The van der Waals surface area contributed by atoms with Crippen LogP contribution in [0.4, 0.5) is 0 Å². The van der Waals surface area contributed by atoms with Crippen molar-refractivity contribution in [3.8, 4) is 0 Å². The summed E-state index contributed by atoms with van der Waals surface area (Å²) >= 11 is 5.84. The molecule has 1 aromatic heterocycles. The fraction of sp³-hybridized carbons (Fsp3) is 0.167. The van der Waals surface area contributed by atoms with Crippen molar-refractivity contribution in [1.29, 1.82) is 0 Å². The lowest BCUT2D eigenvalue weighted by molar-refractivity contribution is 0.0915. The number of hydrogen-bond acceptors (Lipinski definition) is 3. The molecule has 0 bridgehead atoms. The molecular formula is C12H11ClN2O2. The van der Waals surface area contributed by atoms with Crippen molar-refractivity contribution < 1.29 is 9.21 Å². The van der Waals surface area contributed by atoms with E-state index in [1.807, 2.05) is 12.1 Å². The Kier molecular flexibility index (Phi) is 3.44. The molecule has 1 aromatic carbocycles. The minimum absolute atomic E-state index is 0.0736. The molecule has 0 aliphatic heterocycles. The molecule has 1 N–H and O–H groups in total. The quantitative estimate of drug-likeness (QED) is 0.911. The summed E-state index contributed by atoms with van der Waals surface area (Å²) in [6.45, 7) is 2.13. The van der Waals surface area contributed by atoms with Crippen LogP contribution in [0.1, 0.15) is 22.0 Å². The topological polar surface area (TPSA) is 55.1 Å². The van der Waals surface area contributed by atoms with Gasteiger partial charge in [-0.1, -0.05) is 23.7 Å². The third-order valence-electron chi connectivity index (χ3n) is 2.16. The number of nitrogens with one attached hydrogen (secondary N) is 1. The van der Waals surface area contributed by atoms with Gasteiger partial charge in [0.05, 0.1) is 6.20 Å². The second-order valence-electron chi connectivity index (χ2n) is 3.59. The Labute approximate surface area is 104 Å². The molecule has 0 radical (unpaired) electrons. The molecule has 1 amide bonds. The van der Waals surface area contributed by atoms with Gasteiger partial charge in [0.2, 0.25) is 0 Å². The summed E-state index contributed by atoms with van der Waals surface area (Å²) in [5, 5.41) is 3.34. The van der Waals surface area contributed by atoms with Crippen molar-refractivity contribution >= 4 is 17.5 Å². The number of benzene rings is 1. The van der Waals surface area contributed by atoms with Gasteiger partial charge >= 0.3 is 5.91 Å². The van der Waals surface area contributed by atoms with E-state index in [0.29, 0.717) is 17.3 Å². The molecule has 0 aliphatic carbocycles. The van der Waals surface area contributed by atoms with Crippen LogP contribution in [-0.4, -0.2) is 10.9 Å². The van der Waals surface area contributed by atoms with Gasteiger partial charge in [0, 0.05) is 11.6 Å². The van der Waals surface area contributed by atoms with E-state index >= 15 is 0 Å². The second-order valence-corrected chi connectivity index (χ2v) is 4.03. The van der Waals surface area contributed by atoms with Gasteiger partial charge < -0.3 is 9.73 Å². The van der Waals surface area contributed by atoms with E-state index < -0.39 is 0 Å². The number of amides is 1. The third-order valence-corrected chi connectivity index (χ3v) is 2.39. The molecule has 1 heterocycles. The molecule has 0 saturated heterocycles. The summed E-state index contributed by atoms with van der Waals surface area (Å²) in [6.07, 6.45) is 1.51. The molecule has 5 heteroatoms. The van der Waals surface area contributed by atoms with Crippen molar-refractivity contribution in [2.24, 2.45) is 0 Å². The fourth-order valence-corrected chi connectivity index (χ4v) is 1.58. The summed E-state index contributed by atoms with van der Waals surface area (Å²) in [5.74, 6) is 0.348. The normalized spacial score (nSPS) is 10.2. The van der Waals surface area contributed by atoms with Crippen LogP contribution in [0.15, 0.2) is 34.9 Å². The maximum atomic E-state index is 11.6. The van der Waals surface area contributed by atoms with Crippen molar-refractivity contribution in [2.45, 2.75) is 13.5 Å². The lowest BCUT2D eigenvalue weighted by Gasteiger charge is -2.03. The smallest absolute Gasteiger partial charge is 0.307 e. The van der Waals surface area contributed by atoms with Crippen LogP contribution in [0.5, 0.6) is 0 Å². The molecule has 0 saturated carbocycles. The van der Waals surface area contributed by atoms with Crippen LogP contribution in [0, 0.1) is 6.92 Å². The molecular weight excluding hydrogens is 240 g/mol. The molecule has 0 unspecified atom stereocenters. The zero-order valence-corrected chi connectivity index (χ0v) is 9.99. The zero-order valence-electron chi connectivity index (χ0n) is 9.24. The Bertz CT molecular complexity index is 537. The molecule has 4 nitrogen and oxygen atoms in total. The first-order valence-electron chi connectivity index (χ1n) is 5.10. The monoisotopic (exact) mass is 250 g/mol. The molecule has 2 rings (SSSR count). The number of aromatic nitrogens is 1. The number of hydrogen-bond donors (Lipinski definition) is 1. The SMILES string of the molecule is Cc1cnc(C(=O)NCc2cccc(Cl)c2)o1. The lowest BCUT2D eigenvalue weighted by Crippen LogP contribution is -2.22. The molecule has 88 valence electrons. The predicted octanol–water partition coefficient (Wildman–Crippen LogP) is 2.57. The van der Waals surface area contributed by atoms with Crippen molar-refractivity contribution in [2.75, 3.05) is 0 Å². The van der Waals surface area contributed by atoms with Gasteiger partial charge in [-0.05, 0) is 24.6 Å². The summed E-state index contributed by atoms with van der Waals surface area (Å²) in [4.78, 5) is 15.5. The number of carbonyl (C=O) groups excluding carboxylic acids is 1. The van der Waals surface area contributed by atoms with E-state index in [4.69, 9.17) is 16.0 Å². The minimum Gasteiger partial charge on any atom is -0.438 e. The number of nitrogens with zero attached hydrogens (tertiary/aromatic N) is 1. The van der Waals surface area contributed by atoms with Crippen molar-refractivity contribution in [1.82, 2.24) is 10.3 Å². The van der Waals surface area contributed by atoms with Crippen molar-refractivity contribution in [3.05, 3.63) is 52.7 Å². The molecule has 0 aliphatic rings. The zero-order chi connectivity index (χ0) is 12.3. The highest BCUT2D eigenvalue weighted by Gasteiger charge is 2.11. The predicted molar refractivity (Wildman–Crippen MR) is 63.9 cm³/mol. The minimum atomic E-state index is -0.335. The first-order valence-corrected chi connectivity index (χ1v) is 5.48.